The molecule has 0 amide bonds. The Labute approximate surface area is 181 Å². The fourth-order valence-electron chi connectivity index (χ4n) is 4.93. The summed E-state index contributed by atoms with van der Waals surface area (Å²) in [6.45, 7) is 3.94. The van der Waals surface area contributed by atoms with Crippen LogP contribution in [-0.2, 0) is 24.7 Å². The second-order valence-electron chi connectivity index (χ2n) is 8.96. The van der Waals surface area contributed by atoms with Crippen LogP contribution in [0.3, 0.4) is 0 Å². The van der Waals surface area contributed by atoms with E-state index in [2.05, 4.69) is 10.0 Å². The van der Waals surface area contributed by atoms with E-state index in [1.165, 1.54) is 12.1 Å². The molecule has 2 aliphatic carbocycles. The number of rotatable bonds is 9. The lowest BCUT2D eigenvalue weighted by Crippen LogP contribution is -2.45. The van der Waals surface area contributed by atoms with Crippen LogP contribution in [0.15, 0.2) is 23.1 Å². The van der Waals surface area contributed by atoms with Gasteiger partial charge in [-0.25, -0.2) is 21.6 Å². The molecular weight excluding hydrogens is 446 g/mol. The summed E-state index contributed by atoms with van der Waals surface area (Å²) < 4.78 is 51.0. The largest absolute Gasteiger partial charge is 0.378 e. The summed E-state index contributed by atoms with van der Waals surface area (Å²) in [5.41, 5.74) is -1.56. The highest BCUT2D eigenvalue weighted by Crippen LogP contribution is 2.64. The number of fused-ring (bicyclic) bond motifs is 2. The summed E-state index contributed by atoms with van der Waals surface area (Å²) in [7, 11) is -7.35. The van der Waals surface area contributed by atoms with Crippen molar-refractivity contribution in [3.8, 4) is 0 Å². The van der Waals surface area contributed by atoms with Gasteiger partial charge in [0.25, 0.3) is 5.69 Å². The topological polar surface area (TPSA) is 153 Å². The van der Waals surface area contributed by atoms with Gasteiger partial charge in [0.2, 0.25) is 10.0 Å². The van der Waals surface area contributed by atoms with Crippen molar-refractivity contribution in [2.45, 2.75) is 38.0 Å². The first-order chi connectivity index (χ1) is 14.2. The third-order valence-corrected chi connectivity index (χ3v) is 9.56. The average molecular weight is 474 g/mol. The number of benzene rings is 1. The zero-order chi connectivity index (χ0) is 23.2. The molecule has 3 rings (SSSR count). The standard InChI is InChI=1S/C19H27N3O7S2/c1-18(2)13-6-7-19(18,17(23)10-13)12-31(28,29)21-9-8-20-15-5-4-14(30(3,26)27)11-16(15)22(24)25/h4-5,11,13,20-21H,6-10,12H2,1-3H3. The van der Waals surface area contributed by atoms with Gasteiger partial charge in [0.1, 0.15) is 11.5 Å². The van der Waals surface area contributed by atoms with Crippen LogP contribution in [0.25, 0.3) is 0 Å². The Morgan fingerprint density at radius 2 is 1.87 bits per heavy atom. The molecule has 1 aromatic carbocycles. The minimum Gasteiger partial charge on any atom is -0.378 e. The Bertz CT molecular complexity index is 1130. The molecule has 0 saturated heterocycles. The quantitative estimate of drug-likeness (QED) is 0.312. The van der Waals surface area contributed by atoms with Crippen molar-refractivity contribution < 1.29 is 26.6 Å². The molecule has 2 aliphatic rings. The van der Waals surface area contributed by atoms with Gasteiger partial charge < -0.3 is 5.32 Å². The first kappa shape index (κ1) is 23.6. The number of hydrogen-bond acceptors (Lipinski definition) is 8. The molecule has 2 bridgehead atoms. The van der Waals surface area contributed by atoms with Gasteiger partial charge in [-0.1, -0.05) is 13.8 Å². The predicted octanol–water partition coefficient (Wildman–Crippen LogP) is 1.72. The second kappa shape index (κ2) is 7.82. The molecule has 0 spiro atoms. The van der Waals surface area contributed by atoms with E-state index in [1.54, 1.807) is 0 Å². The van der Waals surface area contributed by atoms with E-state index in [1.807, 2.05) is 13.8 Å². The van der Waals surface area contributed by atoms with Gasteiger partial charge in [-0.2, -0.15) is 0 Å². The van der Waals surface area contributed by atoms with E-state index in [0.29, 0.717) is 12.8 Å². The maximum atomic E-state index is 12.7. The van der Waals surface area contributed by atoms with Crippen molar-refractivity contribution in [3.05, 3.63) is 28.3 Å². The number of nitro benzene ring substituents is 1. The molecule has 2 N–H and O–H groups in total. The van der Waals surface area contributed by atoms with Crippen LogP contribution < -0.4 is 10.0 Å². The highest BCUT2D eigenvalue weighted by Gasteiger charge is 2.65. The van der Waals surface area contributed by atoms with Crippen LogP contribution in [-0.4, -0.2) is 52.6 Å². The normalized spacial score (nSPS) is 25.0. The minimum atomic E-state index is -3.74. The van der Waals surface area contributed by atoms with E-state index in [-0.39, 0.29) is 46.5 Å². The van der Waals surface area contributed by atoms with Crippen molar-refractivity contribution in [2.75, 3.05) is 30.4 Å². The molecule has 10 nitrogen and oxygen atoms in total. The van der Waals surface area contributed by atoms with Crippen molar-refractivity contribution in [1.29, 1.82) is 0 Å². The first-order valence-corrected chi connectivity index (χ1v) is 13.5. The molecule has 172 valence electrons. The number of anilines is 1. The third kappa shape index (κ3) is 4.33. The highest BCUT2D eigenvalue weighted by molar-refractivity contribution is 7.90. The van der Waals surface area contributed by atoms with Gasteiger partial charge in [-0.3, -0.25) is 14.9 Å². The monoisotopic (exact) mass is 473 g/mol. The summed E-state index contributed by atoms with van der Waals surface area (Å²) in [6.07, 6.45) is 2.80. The molecule has 31 heavy (non-hydrogen) atoms. The molecule has 2 fully saturated rings. The molecule has 0 aromatic heterocycles. The second-order valence-corrected chi connectivity index (χ2v) is 12.8. The number of nitrogens with zero attached hydrogens (tertiary/aromatic N) is 1. The van der Waals surface area contributed by atoms with Crippen molar-refractivity contribution in [3.63, 3.8) is 0 Å². The summed E-state index contributed by atoms with van der Waals surface area (Å²) in [4.78, 5) is 23.0. The number of nitro groups is 1. The van der Waals surface area contributed by atoms with E-state index in [9.17, 15) is 31.7 Å². The van der Waals surface area contributed by atoms with Gasteiger partial charge in [-0.05, 0) is 36.3 Å². The summed E-state index contributed by atoms with van der Waals surface area (Å²) in [6, 6.07) is 3.49. The Kier molecular flexibility index (Phi) is 5.96. The van der Waals surface area contributed by atoms with Crippen molar-refractivity contribution >= 4 is 37.0 Å². The third-order valence-electron chi connectivity index (χ3n) is 6.93. The average Bonchev–Trinajstić information content (AvgIpc) is 2.98. The fourth-order valence-corrected chi connectivity index (χ4v) is 7.41. The van der Waals surface area contributed by atoms with Gasteiger partial charge in [-0.15, -0.1) is 0 Å². The van der Waals surface area contributed by atoms with Gasteiger partial charge in [0.05, 0.1) is 15.6 Å². The number of sulfonamides is 1. The summed E-state index contributed by atoms with van der Waals surface area (Å²) >= 11 is 0. The minimum absolute atomic E-state index is 0.0128. The molecule has 12 heteroatoms. The van der Waals surface area contributed by atoms with Crippen LogP contribution >= 0.6 is 0 Å². The Morgan fingerprint density at radius 3 is 2.39 bits per heavy atom. The number of nitrogens with one attached hydrogen (secondary N) is 2. The number of sulfone groups is 1. The van der Waals surface area contributed by atoms with Crippen LogP contribution in [0.1, 0.15) is 33.1 Å². The smallest absolute Gasteiger partial charge is 0.293 e. The van der Waals surface area contributed by atoms with Crippen LogP contribution in [0.4, 0.5) is 11.4 Å². The SMILES string of the molecule is CC1(C)C2CCC1(CS(=O)(=O)NCCNc1ccc(S(C)(=O)=O)cc1[N+](=O)[O-])C(=O)C2. The number of Topliss-reactive ketones (excluding diaryl/α,β-unsaturated/α-hetero) is 1. The lowest BCUT2D eigenvalue weighted by atomic mass is 9.70. The number of ketones is 1. The lowest BCUT2D eigenvalue weighted by molar-refractivity contribution is -0.384. The highest BCUT2D eigenvalue weighted by atomic mass is 32.2. The molecule has 1 aromatic rings. The lowest BCUT2D eigenvalue weighted by Gasteiger charge is -2.36. The zero-order valence-electron chi connectivity index (χ0n) is 17.7. The fraction of sp³-hybridized carbons (Fsp3) is 0.632. The van der Waals surface area contributed by atoms with Crippen molar-refractivity contribution in [2.24, 2.45) is 16.7 Å². The molecule has 0 aliphatic heterocycles. The van der Waals surface area contributed by atoms with E-state index >= 15 is 0 Å². The number of carbonyl (C=O) groups is 1. The predicted molar refractivity (Wildman–Crippen MR) is 115 cm³/mol. The Balaban J connectivity index is 1.63. The molecule has 0 radical (unpaired) electrons. The van der Waals surface area contributed by atoms with Gasteiger partial charge in [0.15, 0.2) is 9.84 Å². The van der Waals surface area contributed by atoms with E-state index in [4.69, 9.17) is 0 Å². The molecule has 0 heterocycles. The first-order valence-electron chi connectivity index (χ1n) is 9.93. The van der Waals surface area contributed by atoms with E-state index < -0.39 is 35.9 Å². The number of hydrogen-bond donors (Lipinski definition) is 2. The zero-order valence-corrected chi connectivity index (χ0v) is 19.3. The molecule has 2 atom stereocenters. The van der Waals surface area contributed by atoms with E-state index in [0.717, 1.165) is 18.7 Å². The van der Waals surface area contributed by atoms with Gasteiger partial charge in [0, 0.05) is 37.2 Å². The van der Waals surface area contributed by atoms with Crippen molar-refractivity contribution in [1.82, 2.24) is 4.72 Å². The molecule has 2 unspecified atom stereocenters. The maximum Gasteiger partial charge on any atom is 0.293 e. The van der Waals surface area contributed by atoms with Crippen LogP contribution in [0.5, 0.6) is 0 Å². The summed E-state index contributed by atoms with van der Waals surface area (Å²) in [5, 5.41) is 14.0. The van der Waals surface area contributed by atoms with Gasteiger partial charge >= 0.3 is 0 Å². The van der Waals surface area contributed by atoms with Crippen LogP contribution in [0, 0.1) is 26.9 Å². The number of carbonyl (C=O) groups excluding carboxylic acids is 1. The summed E-state index contributed by atoms with van der Waals surface area (Å²) in [5.74, 6) is -0.0305. The maximum absolute atomic E-state index is 12.7. The molecular formula is C19H27N3O7S2. The Hall–Kier alpha value is -2.05. The molecule has 2 saturated carbocycles. The Morgan fingerprint density at radius 1 is 1.19 bits per heavy atom. The van der Waals surface area contributed by atoms with Crippen LogP contribution in [0.2, 0.25) is 0 Å².